The molecule has 0 aromatic carbocycles. The molecule has 1 saturated heterocycles. The van der Waals surface area contributed by atoms with Crippen LogP contribution in [-0.4, -0.2) is 24.0 Å². The van der Waals surface area contributed by atoms with E-state index in [1.165, 1.54) is 122 Å². The summed E-state index contributed by atoms with van der Waals surface area (Å²) in [5, 5.41) is 0. The maximum atomic E-state index is 2.87. The third-order valence-corrected chi connectivity index (χ3v) is 5.69. The molecule has 1 atom stereocenters. The molecule has 1 heteroatoms. The predicted octanol–water partition coefficient (Wildman–Crippen LogP) is 7.34. The first-order valence-electron chi connectivity index (χ1n) is 11.1. The first-order chi connectivity index (χ1) is 11.4. The van der Waals surface area contributed by atoms with Crippen LogP contribution in [0.1, 0.15) is 123 Å². The van der Waals surface area contributed by atoms with Crippen molar-refractivity contribution in [3.8, 4) is 0 Å². The van der Waals surface area contributed by atoms with Gasteiger partial charge in [-0.15, -0.1) is 0 Å². The van der Waals surface area contributed by atoms with Gasteiger partial charge in [-0.2, -0.15) is 0 Å². The Hall–Kier alpha value is -0.0400. The molecule has 1 nitrogen and oxygen atoms in total. The van der Waals surface area contributed by atoms with Gasteiger partial charge in [0.25, 0.3) is 0 Å². The van der Waals surface area contributed by atoms with Crippen LogP contribution in [0.5, 0.6) is 0 Å². The minimum absolute atomic E-state index is 0.904. The van der Waals surface area contributed by atoms with Gasteiger partial charge in [-0.3, -0.25) is 0 Å². The molecule has 0 N–H and O–H groups in total. The smallest absolute Gasteiger partial charge is 0.00952 e. The van der Waals surface area contributed by atoms with Crippen molar-refractivity contribution in [3.05, 3.63) is 0 Å². The first-order valence-corrected chi connectivity index (χ1v) is 11.1. The topological polar surface area (TPSA) is 3.24 Å². The molecular formula is C22H45N. The van der Waals surface area contributed by atoms with E-state index in [1.54, 1.807) is 0 Å². The predicted molar refractivity (Wildman–Crippen MR) is 105 cm³/mol. The molecule has 1 aliphatic rings. The summed E-state index contributed by atoms with van der Waals surface area (Å²) in [4.78, 5) is 2.87. The maximum absolute atomic E-state index is 2.87. The van der Waals surface area contributed by atoms with Crippen LogP contribution in [0.25, 0.3) is 0 Å². The second-order valence-corrected chi connectivity index (χ2v) is 7.86. The molecule has 1 aliphatic heterocycles. The average molecular weight is 324 g/mol. The molecule has 1 heterocycles. The van der Waals surface area contributed by atoms with Crippen molar-refractivity contribution in [3.63, 3.8) is 0 Å². The molecule has 0 aromatic heterocycles. The van der Waals surface area contributed by atoms with Crippen molar-refractivity contribution in [1.29, 1.82) is 0 Å². The highest BCUT2D eigenvalue weighted by Crippen LogP contribution is 2.21. The minimum atomic E-state index is 0.904. The highest BCUT2D eigenvalue weighted by Gasteiger charge is 2.18. The molecule has 0 spiro atoms. The fourth-order valence-corrected chi connectivity index (χ4v) is 4.11. The van der Waals surface area contributed by atoms with E-state index in [2.05, 4.69) is 18.7 Å². The Kier molecular flexibility index (Phi) is 14.1. The lowest BCUT2D eigenvalue weighted by Gasteiger charge is -2.31. The molecule has 0 radical (unpaired) electrons. The Balaban J connectivity index is 2.25. The zero-order valence-electron chi connectivity index (χ0n) is 16.5. The lowest BCUT2D eigenvalue weighted by Crippen LogP contribution is -2.36. The van der Waals surface area contributed by atoms with Crippen LogP contribution in [-0.2, 0) is 0 Å². The van der Waals surface area contributed by atoms with Gasteiger partial charge in [0.05, 0.1) is 0 Å². The largest absolute Gasteiger partial charge is 0.300 e. The van der Waals surface area contributed by atoms with Crippen LogP contribution in [0, 0.1) is 0 Å². The quantitative estimate of drug-likeness (QED) is 0.302. The van der Waals surface area contributed by atoms with Crippen molar-refractivity contribution in [2.75, 3.05) is 13.1 Å². The van der Waals surface area contributed by atoms with E-state index in [0.717, 1.165) is 6.04 Å². The summed E-state index contributed by atoms with van der Waals surface area (Å²) in [5.41, 5.74) is 0. The number of rotatable bonds is 14. The number of likely N-dealkylation sites (tertiary alicyclic amines) is 1. The molecule has 0 bridgehead atoms. The second-order valence-electron chi connectivity index (χ2n) is 7.86. The number of hydrogen-bond donors (Lipinski definition) is 0. The zero-order valence-corrected chi connectivity index (χ0v) is 16.5. The van der Waals surface area contributed by atoms with Crippen molar-refractivity contribution in [1.82, 2.24) is 4.90 Å². The monoisotopic (exact) mass is 323 g/mol. The Morgan fingerprint density at radius 2 is 1.00 bits per heavy atom. The summed E-state index contributed by atoms with van der Waals surface area (Å²) in [6, 6.07) is 0.904. The first kappa shape index (κ1) is 21.0. The van der Waals surface area contributed by atoms with Crippen LogP contribution in [0.2, 0.25) is 0 Å². The van der Waals surface area contributed by atoms with Gasteiger partial charge in [0.1, 0.15) is 0 Å². The van der Waals surface area contributed by atoms with E-state index in [4.69, 9.17) is 0 Å². The van der Waals surface area contributed by atoms with Crippen molar-refractivity contribution in [2.24, 2.45) is 0 Å². The molecule has 1 fully saturated rings. The summed E-state index contributed by atoms with van der Waals surface area (Å²) >= 11 is 0. The molecule has 0 aromatic rings. The Morgan fingerprint density at radius 1 is 0.565 bits per heavy atom. The fraction of sp³-hybridized carbons (Fsp3) is 1.00. The van der Waals surface area contributed by atoms with Gasteiger partial charge in [0.15, 0.2) is 0 Å². The van der Waals surface area contributed by atoms with Crippen LogP contribution in [0.4, 0.5) is 0 Å². The van der Waals surface area contributed by atoms with Gasteiger partial charge >= 0.3 is 0 Å². The van der Waals surface area contributed by atoms with Crippen LogP contribution < -0.4 is 0 Å². The van der Waals surface area contributed by atoms with Gasteiger partial charge in [0.2, 0.25) is 0 Å². The van der Waals surface area contributed by atoms with Crippen molar-refractivity contribution in [2.45, 2.75) is 129 Å². The Labute approximate surface area is 147 Å². The van der Waals surface area contributed by atoms with E-state index in [9.17, 15) is 0 Å². The lowest BCUT2D eigenvalue weighted by atomic mass is 9.98. The minimum Gasteiger partial charge on any atom is -0.300 e. The Morgan fingerprint density at radius 3 is 1.48 bits per heavy atom. The zero-order chi connectivity index (χ0) is 16.6. The van der Waals surface area contributed by atoms with Crippen LogP contribution in [0.3, 0.4) is 0 Å². The highest BCUT2D eigenvalue weighted by molar-refractivity contribution is 4.74. The number of unbranched alkanes of at least 4 members (excludes halogenated alkanes) is 9. The summed E-state index contributed by atoms with van der Waals surface area (Å²) in [5.74, 6) is 0. The molecule has 138 valence electrons. The van der Waals surface area contributed by atoms with Crippen molar-refractivity contribution >= 4 is 0 Å². The molecule has 0 aliphatic carbocycles. The number of hydrogen-bond acceptors (Lipinski definition) is 1. The van der Waals surface area contributed by atoms with Crippen molar-refractivity contribution < 1.29 is 0 Å². The van der Waals surface area contributed by atoms with E-state index in [1.807, 2.05) is 0 Å². The van der Waals surface area contributed by atoms with E-state index >= 15 is 0 Å². The Bertz CT molecular complexity index is 230. The standard InChI is InChI=1S/C22H45N/c1-3-5-7-9-11-15-19-22(18-14-10-8-6-4-2)23-20-16-12-13-17-21-23/h22H,3-21H2,1-2H3. The van der Waals surface area contributed by atoms with Gasteiger partial charge < -0.3 is 4.90 Å². The third kappa shape index (κ3) is 11.2. The molecule has 0 amide bonds. The van der Waals surface area contributed by atoms with Gasteiger partial charge in [-0.1, -0.05) is 97.3 Å². The highest BCUT2D eigenvalue weighted by atomic mass is 15.1. The van der Waals surface area contributed by atoms with Crippen LogP contribution in [0.15, 0.2) is 0 Å². The van der Waals surface area contributed by atoms with Crippen LogP contribution >= 0.6 is 0 Å². The second kappa shape index (κ2) is 15.5. The normalized spacial score (nSPS) is 18.0. The number of nitrogens with zero attached hydrogens (tertiary/aromatic N) is 1. The molecule has 23 heavy (non-hydrogen) atoms. The maximum Gasteiger partial charge on any atom is 0.00952 e. The summed E-state index contributed by atoms with van der Waals surface area (Å²) in [6.07, 6.45) is 24.7. The molecule has 1 unspecified atom stereocenters. The van der Waals surface area contributed by atoms with E-state index < -0.39 is 0 Å². The summed E-state index contributed by atoms with van der Waals surface area (Å²) < 4.78 is 0. The summed E-state index contributed by atoms with van der Waals surface area (Å²) in [6.45, 7) is 7.40. The average Bonchev–Trinajstić information content (AvgIpc) is 2.85. The van der Waals surface area contributed by atoms with Gasteiger partial charge in [0, 0.05) is 6.04 Å². The van der Waals surface area contributed by atoms with E-state index in [0.29, 0.717) is 0 Å². The summed E-state index contributed by atoms with van der Waals surface area (Å²) in [7, 11) is 0. The molecule has 1 rings (SSSR count). The lowest BCUT2D eigenvalue weighted by molar-refractivity contribution is 0.176. The van der Waals surface area contributed by atoms with E-state index in [-0.39, 0.29) is 0 Å². The van der Waals surface area contributed by atoms with Gasteiger partial charge in [-0.05, 0) is 38.8 Å². The molecule has 0 saturated carbocycles. The molecular weight excluding hydrogens is 278 g/mol. The fourth-order valence-electron chi connectivity index (χ4n) is 4.11. The van der Waals surface area contributed by atoms with Gasteiger partial charge in [-0.25, -0.2) is 0 Å². The SMILES string of the molecule is CCCCCCCCC(CCCCCCC)N1CCCCCC1. The third-order valence-electron chi connectivity index (χ3n) is 5.69.